The number of ether oxygens (including phenoxy) is 2. The van der Waals surface area contributed by atoms with Crippen molar-refractivity contribution in [3.8, 4) is 22.8 Å². The number of hydrogen-bond donors (Lipinski definition) is 2. The van der Waals surface area contributed by atoms with Crippen LogP contribution in [0.3, 0.4) is 0 Å². The average molecular weight is 482 g/mol. The van der Waals surface area contributed by atoms with Crippen molar-refractivity contribution in [3.05, 3.63) is 53.4 Å². The number of carboxylic acid groups (broad SMARTS) is 1. The smallest absolute Gasteiger partial charge is 0.372 e. The van der Waals surface area contributed by atoms with Gasteiger partial charge in [0, 0.05) is 12.0 Å². The van der Waals surface area contributed by atoms with Gasteiger partial charge < -0.3 is 19.0 Å². The van der Waals surface area contributed by atoms with Gasteiger partial charge in [0.2, 0.25) is 11.4 Å². The third-order valence-electron chi connectivity index (χ3n) is 4.62. The molecule has 11 heteroatoms. The van der Waals surface area contributed by atoms with E-state index in [-0.39, 0.29) is 0 Å². The van der Waals surface area contributed by atoms with Crippen molar-refractivity contribution in [3.63, 3.8) is 0 Å². The van der Waals surface area contributed by atoms with E-state index in [2.05, 4.69) is 4.99 Å². The highest BCUT2D eigenvalue weighted by Crippen LogP contribution is 2.32. The van der Waals surface area contributed by atoms with Gasteiger partial charge in [0.25, 0.3) is 0 Å². The van der Waals surface area contributed by atoms with Crippen LogP contribution >= 0.6 is 0 Å². The van der Waals surface area contributed by atoms with Gasteiger partial charge >= 0.3 is 5.97 Å². The molecule has 1 heterocycles. The summed E-state index contributed by atoms with van der Waals surface area (Å²) >= 11 is 0. The van der Waals surface area contributed by atoms with Gasteiger partial charge in [-0.3, -0.25) is 0 Å². The normalized spacial score (nSPS) is 12.7. The molecule has 0 aliphatic heterocycles. The zero-order valence-corrected chi connectivity index (χ0v) is 19.2. The third kappa shape index (κ3) is 7.45. The molecule has 0 aliphatic carbocycles. The minimum Gasteiger partial charge on any atom is -0.493 e. The predicted octanol–water partition coefficient (Wildman–Crippen LogP) is -2.49. The highest BCUT2D eigenvalue weighted by molar-refractivity contribution is 5.79. The van der Waals surface area contributed by atoms with Crippen molar-refractivity contribution in [1.29, 1.82) is 0 Å². The van der Waals surface area contributed by atoms with Crippen LogP contribution in [0.1, 0.15) is 18.9 Å². The van der Waals surface area contributed by atoms with Gasteiger partial charge in [0.15, 0.2) is 11.5 Å². The van der Waals surface area contributed by atoms with Crippen molar-refractivity contribution >= 4 is 16.9 Å². The fourth-order valence-electron chi connectivity index (χ4n) is 3.08. The summed E-state index contributed by atoms with van der Waals surface area (Å²) in [4.78, 5) is 14.7. The zero-order valence-electron chi connectivity index (χ0n) is 18.4. The molecule has 0 fully saturated rings. The molecule has 0 bridgehead atoms. The van der Waals surface area contributed by atoms with Gasteiger partial charge in [0.05, 0.1) is 25.7 Å². The van der Waals surface area contributed by atoms with Crippen LogP contribution in [-0.4, -0.2) is 31.3 Å². The number of halogens is 1. The van der Waals surface area contributed by atoms with Crippen molar-refractivity contribution in [1.82, 2.24) is 0 Å². The molecule has 0 saturated carbocycles. The minimum absolute atomic E-state index is 0.459. The predicted molar refractivity (Wildman–Crippen MR) is 105 cm³/mol. The van der Waals surface area contributed by atoms with Crippen LogP contribution in [-0.2, 0) is 4.79 Å². The lowest BCUT2D eigenvalue weighted by Crippen LogP contribution is -2.84. The van der Waals surface area contributed by atoms with Crippen LogP contribution in [0.5, 0.6) is 11.5 Å². The second-order valence-corrected chi connectivity index (χ2v) is 7.67. The maximum Gasteiger partial charge on any atom is 0.372 e. The summed E-state index contributed by atoms with van der Waals surface area (Å²) in [6, 6.07) is 12.5. The molecule has 2 aromatic carbocycles. The number of aryl methyl sites for hydroxylation is 1. The van der Waals surface area contributed by atoms with Crippen molar-refractivity contribution in [2.45, 2.75) is 26.3 Å². The number of carbonyl (C=O) groups is 1. The third-order valence-corrected chi connectivity index (χ3v) is 4.62. The van der Waals surface area contributed by atoms with E-state index in [0.29, 0.717) is 34.6 Å². The zero-order chi connectivity index (χ0) is 24.8. The molecule has 0 spiro atoms. The Morgan fingerprint density at radius 1 is 1.06 bits per heavy atom. The van der Waals surface area contributed by atoms with E-state index in [9.17, 15) is 9.90 Å². The van der Waals surface area contributed by atoms with E-state index < -0.39 is 22.3 Å². The lowest BCUT2D eigenvalue weighted by Gasteiger charge is -2.17. The van der Waals surface area contributed by atoms with Gasteiger partial charge in [-0.2, -0.15) is 0 Å². The van der Waals surface area contributed by atoms with Crippen LogP contribution in [0.15, 0.2) is 46.9 Å². The molecule has 1 atom stereocenters. The maximum absolute atomic E-state index is 11.5. The number of methoxy groups -OCH3 is 2. The summed E-state index contributed by atoms with van der Waals surface area (Å²) < 4.78 is 50.8. The number of fused-ring (bicyclic) bond motifs is 1. The molecule has 178 valence electrons. The average Bonchev–Trinajstić information content (AvgIpc) is 2.75. The molecule has 10 nitrogen and oxygen atoms in total. The molecular formula is C22H24ClNO9. The molecule has 0 saturated heterocycles. The number of carboxylic acids is 1. The Bertz CT molecular complexity index is 1180. The summed E-state index contributed by atoms with van der Waals surface area (Å²) in [5, 5.41) is 11.0. The number of hydrogen-bond acceptors (Lipinski definition) is 8. The molecule has 0 radical (unpaired) electrons. The number of benzene rings is 2. The van der Waals surface area contributed by atoms with E-state index in [1.807, 2.05) is 56.3 Å². The second kappa shape index (κ2) is 11.1. The number of aliphatic carboxylic acids is 1. The van der Waals surface area contributed by atoms with Crippen molar-refractivity contribution < 1.29 is 57.7 Å². The molecule has 1 aromatic heterocycles. The standard InChI is InChI=1S/C22H23NO5.ClHO4/c1-5-16(22(24)25)23-17-12-20(28-18-8-6-13(2)10-15(17)18)14-7-9-19(26-3)21(11-14)27-4;2-1(3,4)5/h6-12,16H,5H2,1-4H3,(H,24,25);(H,2,3,4,5). The topological polar surface area (TPSA) is 175 Å². The van der Waals surface area contributed by atoms with Gasteiger partial charge in [-0.05, 0) is 37.3 Å². The SMILES string of the molecule is CCC([NH+]=c1cc(-c2ccc(OC)c(OC)c2)oc2ccc(C)cc12)C(=O)O.[O-][Cl+3]([O-])([O-])[O-]. The first-order valence-electron chi connectivity index (χ1n) is 9.67. The molecule has 1 unspecified atom stereocenters. The van der Waals surface area contributed by atoms with Crippen LogP contribution < -0.4 is 38.5 Å². The molecule has 3 rings (SSSR count). The Hall–Kier alpha value is -3.15. The highest BCUT2D eigenvalue weighted by atomic mass is 35.7. The van der Waals surface area contributed by atoms with Crippen LogP contribution in [0.2, 0.25) is 0 Å². The Morgan fingerprint density at radius 2 is 1.70 bits per heavy atom. The van der Waals surface area contributed by atoms with E-state index >= 15 is 0 Å². The fraction of sp³-hybridized carbons (Fsp3) is 0.273. The summed E-state index contributed by atoms with van der Waals surface area (Å²) in [5.74, 6) is 0.917. The Balaban J connectivity index is 0.000000696. The van der Waals surface area contributed by atoms with Crippen LogP contribution in [0.25, 0.3) is 22.3 Å². The van der Waals surface area contributed by atoms with E-state index in [1.54, 1.807) is 14.2 Å². The molecule has 2 N–H and O–H groups in total. The lowest BCUT2D eigenvalue weighted by atomic mass is 10.1. The quantitative estimate of drug-likeness (QED) is 0.386. The van der Waals surface area contributed by atoms with Gasteiger partial charge in [-0.1, -0.05) is 18.6 Å². The van der Waals surface area contributed by atoms with E-state index in [0.717, 1.165) is 16.5 Å². The minimum atomic E-state index is -4.94. The van der Waals surface area contributed by atoms with Gasteiger partial charge in [-0.25, -0.2) is 28.4 Å². The Morgan fingerprint density at radius 3 is 2.24 bits per heavy atom. The Kier molecular flexibility index (Phi) is 8.80. The summed E-state index contributed by atoms with van der Waals surface area (Å²) in [7, 11) is -1.79. The molecule has 3 aromatic rings. The summed E-state index contributed by atoms with van der Waals surface area (Å²) in [6.45, 7) is 3.82. The first-order chi connectivity index (χ1) is 15.5. The Labute approximate surface area is 191 Å². The summed E-state index contributed by atoms with van der Waals surface area (Å²) in [5.41, 5.74) is 2.53. The molecule has 33 heavy (non-hydrogen) atoms. The second-order valence-electron chi connectivity index (χ2n) is 6.92. The van der Waals surface area contributed by atoms with Gasteiger partial charge in [-0.15, -0.1) is 10.2 Å². The largest absolute Gasteiger partial charge is 0.493 e. The van der Waals surface area contributed by atoms with Crippen molar-refractivity contribution in [2.24, 2.45) is 0 Å². The molecular weight excluding hydrogens is 458 g/mol. The fourth-order valence-corrected chi connectivity index (χ4v) is 3.08. The first kappa shape index (κ1) is 26.1. The first-order valence-corrected chi connectivity index (χ1v) is 10.9. The molecule has 0 amide bonds. The number of nitrogens with one attached hydrogen (secondary N) is 1. The highest BCUT2D eigenvalue weighted by Gasteiger charge is 2.20. The van der Waals surface area contributed by atoms with Gasteiger partial charge in [0.1, 0.15) is 11.3 Å². The molecule has 0 aliphatic rings. The van der Waals surface area contributed by atoms with Crippen molar-refractivity contribution in [2.75, 3.05) is 14.2 Å². The summed E-state index contributed by atoms with van der Waals surface area (Å²) in [6.07, 6.45) is 0.459. The van der Waals surface area contributed by atoms with Crippen LogP contribution in [0, 0.1) is 17.2 Å². The monoisotopic (exact) mass is 481 g/mol. The lowest BCUT2D eigenvalue weighted by molar-refractivity contribution is -2.00. The maximum atomic E-state index is 11.5. The number of rotatable bonds is 6. The van der Waals surface area contributed by atoms with Crippen LogP contribution in [0.4, 0.5) is 0 Å². The van der Waals surface area contributed by atoms with E-state index in [1.165, 1.54) is 0 Å². The van der Waals surface area contributed by atoms with E-state index in [4.69, 9.17) is 32.5 Å².